The minimum atomic E-state index is 0.853. The van der Waals surface area contributed by atoms with Crippen LogP contribution in [0.5, 0.6) is 0 Å². The average molecular weight is 253 g/mol. The molecule has 1 heterocycles. The Morgan fingerprint density at radius 2 is 1.95 bits per heavy atom. The minimum Gasteiger partial charge on any atom is -0.373 e. The Bertz CT molecular complexity index is 632. The molecule has 1 aliphatic rings. The Balaban J connectivity index is 2.18. The molecule has 19 heavy (non-hydrogen) atoms. The van der Waals surface area contributed by atoms with Crippen LogP contribution in [-0.4, -0.2) is 17.0 Å². The summed E-state index contributed by atoms with van der Waals surface area (Å²) in [5.74, 6) is 1.85. The highest BCUT2D eigenvalue weighted by molar-refractivity contribution is 5.64. The second kappa shape index (κ2) is 4.65. The summed E-state index contributed by atoms with van der Waals surface area (Å²) in [4.78, 5) is 9.50. The number of aromatic nitrogens is 2. The van der Waals surface area contributed by atoms with Crippen molar-refractivity contribution in [2.45, 2.75) is 33.1 Å². The zero-order valence-electron chi connectivity index (χ0n) is 11.7. The number of hydrogen-bond donors (Lipinski definition) is 1. The van der Waals surface area contributed by atoms with E-state index >= 15 is 0 Å². The molecule has 1 aromatic heterocycles. The van der Waals surface area contributed by atoms with Gasteiger partial charge in [0.2, 0.25) is 0 Å². The summed E-state index contributed by atoms with van der Waals surface area (Å²) in [7, 11) is 1.94. The highest BCUT2D eigenvalue weighted by Gasteiger charge is 2.19. The predicted molar refractivity (Wildman–Crippen MR) is 78.5 cm³/mol. The van der Waals surface area contributed by atoms with Gasteiger partial charge < -0.3 is 5.32 Å². The number of fused-ring (bicyclic) bond motifs is 1. The fourth-order valence-electron chi connectivity index (χ4n) is 2.74. The molecule has 0 saturated heterocycles. The van der Waals surface area contributed by atoms with E-state index in [4.69, 9.17) is 9.97 Å². The molecule has 0 fully saturated rings. The SMILES string of the molecule is CNc1nc(-c2cc(C)ccc2C)nc2c1CCC2. The quantitative estimate of drug-likeness (QED) is 0.892. The molecule has 0 radical (unpaired) electrons. The third-order valence-corrected chi connectivity index (χ3v) is 3.80. The maximum absolute atomic E-state index is 4.78. The van der Waals surface area contributed by atoms with Gasteiger partial charge in [0.15, 0.2) is 5.82 Å². The molecule has 1 aromatic carbocycles. The maximum atomic E-state index is 4.78. The van der Waals surface area contributed by atoms with Crippen LogP contribution in [0.4, 0.5) is 5.82 Å². The van der Waals surface area contributed by atoms with Gasteiger partial charge >= 0.3 is 0 Å². The molecule has 0 spiro atoms. The molecule has 0 amide bonds. The van der Waals surface area contributed by atoms with E-state index in [2.05, 4.69) is 37.4 Å². The van der Waals surface area contributed by atoms with Crippen LogP contribution in [0.2, 0.25) is 0 Å². The Kier molecular flexibility index (Phi) is 2.97. The molecule has 0 atom stereocenters. The first kappa shape index (κ1) is 12.2. The van der Waals surface area contributed by atoms with E-state index in [1.165, 1.54) is 28.8 Å². The van der Waals surface area contributed by atoms with Crippen LogP contribution in [0.15, 0.2) is 18.2 Å². The number of nitrogens with zero attached hydrogens (tertiary/aromatic N) is 2. The molecule has 3 rings (SSSR count). The van der Waals surface area contributed by atoms with Crippen LogP contribution in [0.3, 0.4) is 0 Å². The van der Waals surface area contributed by atoms with Gasteiger partial charge in [-0.25, -0.2) is 9.97 Å². The van der Waals surface area contributed by atoms with Gasteiger partial charge in [0.1, 0.15) is 5.82 Å². The summed E-state index contributed by atoms with van der Waals surface area (Å²) in [6.07, 6.45) is 3.36. The average Bonchev–Trinajstić information content (AvgIpc) is 2.88. The molecule has 3 heteroatoms. The molecule has 0 bridgehead atoms. The van der Waals surface area contributed by atoms with Crippen LogP contribution in [-0.2, 0) is 12.8 Å². The lowest BCUT2D eigenvalue weighted by molar-refractivity contribution is 0.900. The van der Waals surface area contributed by atoms with Crippen molar-refractivity contribution in [3.05, 3.63) is 40.6 Å². The number of aryl methyl sites for hydroxylation is 3. The highest BCUT2D eigenvalue weighted by Crippen LogP contribution is 2.30. The predicted octanol–water partition coefficient (Wildman–Crippen LogP) is 3.29. The van der Waals surface area contributed by atoms with Crippen molar-refractivity contribution in [2.75, 3.05) is 12.4 Å². The van der Waals surface area contributed by atoms with E-state index < -0.39 is 0 Å². The van der Waals surface area contributed by atoms with Gasteiger partial charge in [-0.2, -0.15) is 0 Å². The van der Waals surface area contributed by atoms with E-state index in [9.17, 15) is 0 Å². The fourth-order valence-corrected chi connectivity index (χ4v) is 2.74. The lowest BCUT2D eigenvalue weighted by Gasteiger charge is -2.11. The number of rotatable bonds is 2. The molecule has 0 saturated carbocycles. The smallest absolute Gasteiger partial charge is 0.162 e. The third-order valence-electron chi connectivity index (χ3n) is 3.80. The van der Waals surface area contributed by atoms with Gasteiger partial charge in [-0.15, -0.1) is 0 Å². The van der Waals surface area contributed by atoms with Crippen molar-refractivity contribution < 1.29 is 0 Å². The largest absolute Gasteiger partial charge is 0.373 e. The molecule has 2 aromatic rings. The van der Waals surface area contributed by atoms with Crippen molar-refractivity contribution in [3.63, 3.8) is 0 Å². The first-order chi connectivity index (χ1) is 9.19. The molecule has 1 N–H and O–H groups in total. The molecule has 0 aliphatic heterocycles. The summed E-state index contributed by atoms with van der Waals surface area (Å²) in [5.41, 5.74) is 6.14. The van der Waals surface area contributed by atoms with Gasteiger partial charge in [-0.3, -0.25) is 0 Å². The van der Waals surface area contributed by atoms with E-state index in [-0.39, 0.29) is 0 Å². The lowest BCUT2D eigenvalue weighted by atomic mass is 10.0. The zero-order chi connectivity index (χ0) is 13.4. The van der Waals surface area contributed by atoms with Gasteiger partial charge in [0.05, 0.1) is 0 Å². The molecule has 3 nitrogen and oxygen atoms in total. The number of hydrogen-bond acceptors (Lipinski definition) is 3. The van der Waals surface area contributed by atoms with Gasteiger partial charge in [-0.05, 0) is 44.7 Å². The Hall–Kier alpha value is -1.90. The molecular weight excluding hydrogens is 234 g/mol. The van der Waals surface area contributed by atoms with Gasteiger partial charge in [0.25, 0.3) is 0 Å². The highest BCUT2D eigenvalue weighted by atomic mass is 15.0. The standard InChI is InChI=1S/C16H19N3/c1-10-7-8-11(2)13(9-10)16-18-14-6-4-5-12(14)15(17-3)19-16/h7-9H,4-6H2,1-3H3,(H,17,18,19). The van der Waals surface area contributed by atoms with Crippen LogP contribution >= 0.6 is 0 Å². The van der Waals surface area contributed by atoms with Crippen molar-refractivity contribution in [1.29, 1.82) is 0 Å². The lowest BCUT2D eigenvalue weighted by Crippen LogP contribution is -2.04. The van der Waals surface area contributed by atoms with Crippen molar-refractivity contribution in [2.24, 2.45) is 0 Å². The Morgan fingerprint density at radius 1 is 1.11 bits per heavy atom. The zero-order valence-corrected chi connectivity index (χ0v) is 11.7. The summed E-state index contributed by atoms with van der Waals surface area (Å²) in [5, 5.41) is 3.22. The van der Waals surface area contributed by atoms with Crippen LogP contribution in [0.1, 0.15) is 28.8 Å². The summed E-state index contributed by atoms with van der Waals surface area (Å²) >= 11 is 0. The second-order valence-corrected chi connectivity index (χ2v) is 5.24. The first-order valence-corrected chi connectivity index (χ1v) is 6.84. The molecular formula is C16H19N3. The molecule has 0 unspecified atom stereocenters. The summed E-state index contributed by atoms with van der Waals surface area (Å²) in [6.45, 7) is 4.22. The van der Waals surface area contributed by atoms with Crippen LogP contribution in [0.25, 0.3) is 11.4 Å². The Labute approximate surface area is 114 Å². The Morgan fingerprint density at radius 3 is 2.74 bits per heavy atom. The normalized spacial score (nSPS) is 13.4. The van der Waals surface area contributed by atoms with E-state index in [0.717, 1.165) is 30.0 Å². The first-order valence-electron chi connectivity index (χ1n) is 6.84. The molecule has 1 aliphatic carbocycles. The monoisotopic (exact) mass is 253 g/mol. The van der Waals surface area contributed by atoms with E-state index in [1.54, 1.807) is 0 Å². The minimum absolute atomic E-state index is 0.853. The topological polar surface area (TPSA) is 37.8 Å². The summed E-state index contributed by atoms with van der Waals surface area (Å²) in [6, 6.07) is 6.44. The summed E-state index contributed by atoms with van der Waals surface area (Å²) < 4.78 is 0. The van der Waals surface area contributed by atoms with Gasteiger partial charge in [0, 0.05) is 23.9 Å². The van der Waals surface area contributed by atoms with Gasteiger partial charge in [-0.1, -0.05) is 17.7 Å². The van der Waals surface area contributed by atoms with E-state index in [0.29, 0.717) is 0 Å². The van der Waals surface area contributed by atoms with Crippen molar-refractivity contribution in [3.8, 4) is 11.4 Å². The fraction of sp³-hybridized carbons (Fsp3) is 0.375. The van der Waals surface area contributed by atoms with Crippen molar-refractivity contribution >= 4 is 5.82 Å². The van der Waals surface area contributed by atoms with Crippen LogP contribution < -0.4 is 5.32 Å². The third kappa shape index (κ3) is 2.09. The van der Waals surface area contributed by atoms with Crippen LogP contribution in [0, 0.1) is 13.8 Å². The second-order valence-electron chi connectivity index (χ2n) is 5.24. The van der Waals surface area contributed by atoms with E-state index in [1.807, 2.05) is 7.05 Å². The number of nitrogens with one attached hydrogen (secondary N) is 1. The number of anilines is 1. The maximum Gasteiger partial charge on any atom is 0.162 e. The van der Waals surface area contributed by atoms with Crippen molar-refractivity contribution in [1.82, 2.24) is 9.97 Å². The number of benzene rings is 1. The molecule has 98 valence electrons.